The van der Waals surface area contributed by atoms with Gasteiger partial charge in [-0.1, -0.05) is 0 Å². The minimum Gasteiger partial charge on any atom is -0.349 e. The Hall–Kier alpha value is 0.230. The van der Waals surface area contributed by atoms with Crippen LogP contribution in [0.5, 0.6) is 0 Å². The van der Waals surface area contributed by atoms with Crippen molar-refractivity contribution in [1.29, 1.82) is 0 Å². The average Bonchev–Trinajstić information content (AvgIpc) is 2.88. The SMILES string of the molecule is CC(=O)Nc1c(I)c(C(=O)Cl)c(I)c(C(=O)NCC2COC(C)(C)O2)c1I. The second-order valence-corrected chi connectivity index (χ2v) is 9.76. The standard InChI is InChI=1S/C16H16ClI3N2O5/c1-6(23)22-13-11(19)8(14(17)24)10(18)9(12(13)20)15(25)21-4-7-5-26-16(2,3)27-7/h7H,4-5H2,1-3H3,(H,21,25)(H,22,23). The lowest BCUT2D eigenvalue weighted by Crippen LogP contribution is -2.35. The Labute approximate surface area is 202 Å². The molecule has 1 aliphatic heterocycles. The number of hydrogen-bond donors (Lipinski definition) is 2. The lowest BCUT2D eigenvalue weighted by Gasteiger charge is -2.19. The number of carbonyl (C=O) groups is 3. The van der Waals surface area contributed by atoms with Crippen molar-refractivity contribution in [2.45, 2.75) is 32.7 Å². The fourth-order valence-corrected chi connectivity index (χ4v) is 7.40. The van der Waals surface area contributed by atoms with Crippen LogP contribution in [-0.4, -0.2) is 42.1 Å². The van der Waals surface area contributed by atoms with Gasteiger partial charge in [0.1, 0.15) is 6.10 Å². The van der Waals surface area contributed by atoms with Gasteiger partial charge in [0.15, 0.2) is 5.79 Å². The zero-order chi connectivity index (χ0) is 20.5. The Bertz CT molecular complexity index is 816. The normalized spacial score (nSPS) is 18.3. The maximum Gasteiger partial charge on any atom is 0.254 e. The molecule has 27 heavy (non-hydrogen) atoms. The van der Waals surface area contributed by atoms with Gasteiger partial charge in [0.25, 0.3) is 11.1 Å². The molecule has 1 heterocycles. The third-order valence-corrected chi connectivity index (χ3v) is 7.02. The fourth-order valence-electron chi connectivity index (χ4n) is 2.48. The summed E-state index contributed by atoms with van der Waals surface area (Å²) in [6.45, 7) is 5.58. The second-order valence-electron chi connectivity index (χ2n) is 6.18. The van der Waals surface area contributed by atoms with Gasteiger partial charge in [0.2, 0.25) is 5.91 Å². The maximum atomic E-state index is 12.8. The summed E-state index contributed by atoms with van der Waals surface area (Å²) in [5, 5.41) is 4.78. The molecule has 1 fully saturated rings. The first kappa shape index (κ1) is 23.5. The molecule has 0 aliphatic carbocycles. The number of anilines is 1. The number of ether oxygens (including phenoxy) is 2. The van der Waals surface area contributed by atoms with Gasteiger partial charge >= 0.3 is 0 Å². The van der Waals surface area contributed by atoms with Crippen LogP contribution < -0.4 is 10.6 Å². The summed E-state index contributed by atoms with van der Waals surface area (Å²) in [5.41, 5.74) is 0.858. The quantitative estimate of drug-likeness (QED) is 0.356. The van der Waals surface area contributed by atoms with E-state index in [0.29, 0.717) is 23.0 Å². The van der Waals surface area contributed by atoms with Crippen LogP contribution in [0, 0.1) is 10.7 Å². The van der Waals surface area contributed by atoms with E-state index < -0.39 is 11.0 Å². The summed E-state index contributed by atoms with van der Waals surface area (Å²) in [6.07, 6.45) is -0.271. The zero-order valence-corrected chi connectivity index (χ0v) is 21.8. The maximum absolute atomic E-state index is 12.8. The lowest BCUT2D eigenvalue weighted by atomic mass is 10.1. The molecule has 1 unspecified atom stereocenters. The Morgan fingerprint density at radius 1 is 1.15 bits per heavy atom. The largest absolute Gasteiger partial charge is 0.349 e. The molecule has 1 aromatic carbocycles. The summed E-state index contributed by atoms with van der Waals surface area (Å²) in [7, 11) is 0. The van der Waals surface area contributed by atoms with Crippen LogP contribution >= 0.6 is 79.4 Å². The Morgan fingerprint density at radius 3 is 2.22 bits per heavy atom. The molecule has 1 atom stereocenters. The highest BCUT2D eigenvalue weighted by molar-refractivity contribution is 14.1. The van der Waals surface area contributed by atoms with Crippen molar-refractivity contribution in [2.24, 2.45) is 0 Å². The number of halogens is 4. The summed E-state index contributed by atoms with van der Waals surface area (Å²) < 4.78 is 12.6. The monoisotopic (exact) mass is 732 g/mol. The molecule has 2 amide bonds. The van der Waals surface area contributed by atoms with Crippen molar-refractivity contribution in [1.82, 2.24) is 5.32 Å². The number of benzene rings is 1. The predicted octanol–water partition coefficient (Wildman–Crippen LogP) is 3.72. The van der Waals surface area contributed by atoms with Gasteiger partial charge in [-0.15, -0.1) is 0 Å². The van der Waals surface area contributed by atoms with Crippen LogP contribution in [0.15, 0.2) is 0 Å². The van der Waals surface area contributed by atoms with Crippen LogP contribution in [0.3, 0.4) is 0 Å². The van der Waals surface area contributed by atoms with E-state index in [1.165, 1.54) is 6.92 Å². The van der Waals surface area contributed by atoms with Gasteiger partial charge in [0.05, 0.1) is 30.6 Å². The van der Waals surface area contributed by atoms with E-state index in [-0.39, 0.29) is 35.6 Å². The third-order valence-electron chi connectivity index (χ3n) is 3.60. The minimum atomic E-state index is -0.699. The number of rotatable bonds is 5. The zero-order valence-electron chi connectivity index (χ0n) is 14.5. The molecule has 2 rings (SSSR count). The van der Waals surface area contributed by atoms with Crippen LogP contribution in [0.1, 0.15) is 41.5 Å². The highest BCUT2D eigenvalue weighted by atomic mass is 127. The van der Waals surface area contributed by atoms with Crippen molar-refractivity contribution < 1.29 is 23.9 Å². The molecule has 0 bridgehead atoms. The van der Waals surface area contributed by atoms with Crippen molar-refractivity contribution in [3.8, 4) is 0 Å². The van der Waals surface area contributed by atoms with Crippen LogP contribution in [-0.2, 0) is 14.3 Å². The van der Waals surface area contributed by atoms with Gasteiger partial charge in [0, 0.05) is 17.0 Å². The molecule has 0 radical (unpaired) electrons. The molecule has 0 saturated carbocycles. The fraction of sp³-hybridized carbons (Fsp3) is 0.438. The molecule has 1 saturated heterocycles. The van der Waals surface area contributed by atoms with Crippen LogP contribution in [0.4, 0.5) is 5.69 Å². The predicted molar refractivity (Wildman–Crippen MR) is 126 cm³/mol. The van der Waals surface area contributed by atoms with Gasteiger partial charge in [-0.2, -0.15) is 0 Å². The van der Waals surface area contributed by atoms with Gasteiger partial charge in [-0.3, -0.25) is 14.4 Å². The van der Waals surface area contributed by atoms with Gasteiger partial charge in [-0.25, -0.2) is 0 Å². The molecular formula is C16H16ClI3N2O5. The summed E-state index contributed by atoms with van der Waals surface area (Å²) in [5.74, 6) is -1.39. The molecular weight excluding hydrogens is 716 g/mol. The molecule has 148 valence electrons. The van der Waals surface area contributed by atoms with E-state index >= 15 is 0 Å². The number of amides is 2. The smallest absolute Gasteiger partial charge is 0.254 e. The van der Waals surface area contributed by atoms with Crippen LogP contribution in [0.25, 0.3) is 0 Å². The minimum absolute atomic E-state index is 0.189. The first-order valence-corrected chi connectivity index (χ1v) is 11.3. The Kier molecular flexibility index (Phi) is 8.15. The van der Waals surface area contributed by atoms with Crippen molar-refractivity contribution in [2.75, 3.05) is 18.5 Å². The van der Waals surface area contributed by atoms with E-state index in [1.54, 1.807) is 13.8 Å². The summed E-state index contributed by atoms with van der Waals surface area (Å²) in [6, 6.07) is 0. The lowest BCUT2D eigenvalue weighted by molar-refractivity contribution is -0.137. The first-order chi connectivity index (χ1) is 12.4. The summed E-state index contributed by atoms with van der Waals surface area (Å²) >= 11 is 11.6. The topological polar surface area (TPSA) is 93.7 Å². The van der Waals surface area contributed by atoms with E-state index in [9.17, 15) is 14.4 Å². The van der Waals surface area contributed by atoms with Crippen molar-refractivity contribution in [3.05, 3.63) is 21.8 Å². The van der Waals surface area contributed by atoms with E-state index in [1.807, 2.05) is 67.8 Å². The number of hydrogen-bond acceptors (Lipinski definition) is 5. The molecule has 7 nitrogen and oxygen atoms in total. The Balaban J connectivity index is 2.36. The molecule has 1 aliphatic rings. The van der Waals surface area contributed by atoms with Crippen molar-refractivity contribution in [3.63, 3.8) is 0 Å². The highest BCUT2D eigenvalue weighted by Crippen LogP contribution is 2.36. The molecule has 0 aromatic heterocycles. The second kappa shape index (κ2) is 9.36. The van der Waals surface area contributed by atoms with Gasteiger partial charge < -0.3 is 20.1 Å². The van der Waals surface area contributed by atoms with E-state index in [2.05, 4.69) is 10.6 Å². The van der Waals surface area contributed by atoms with Gasteiger partial charge in [-0.05, 0) is 93.2 Å². The molecule has 1 aromatic rings. The first-order valence-electron chi connectivity index (χ1n) is 7.72. The van der Waals surface area contributed by atoms with Crippen LogP contribution in [0.2, 0.25) is 0 Å². The third kappa shape index (κ3) is 5.65. The summed E-state index contributed by atoms with van der Waals surface area (Å²) in [4.78, 5) is 36.3. The molecule has 11 heteroatoms. The van der Waals surface area contributed by atoms with E-state index in [0.717, 1.165) is 0 Å². The number of carbonyl (C=O) groups excluding carboxylic acids is 3. The Morgan fingerprint density at radius 2 is 1.74 bits per heavy atom. The molecule has 2 N–H and O–H groups in total. The average molecular weight is 732 g/mol. The van der Waals surface area contributed by atoms with E-state index in [4.69, 9.17) is 21.1 Å². The van der Waals surface area contributed by atoms with Crippen molar-refractivity contribution >= 4 is 102 Å². The number of nitrogens with one attached hydrogen (secondary N) is 2. The highest BCUT2D eigenvalue weighted by Gasteiger charge is 2.33. The molecule has 0 spiro atoms.